The Balaban J connectivity index is 2.07. The van der Waals surface area contributed by atoms with Gasteiger partial charge in [-0.15, -0.1) is 0 Å². The molecule has 0 radical (unpaired) electrons. The maximum Gasteiger partial charge on any atom is 0.221 e. The Bertz CT molecular complexity index is 450. The van der Waals surface area contributed by atoms with Gasteiger partial charge in [0.1, 0.15) is 0 Å². The highest BCUT2D eigenvalue weighted by Gasteiger charge is 2.21. The SMILES string of the molecule is CC(=O)Nc1ccc(C)c(NC(C)C2CCCC2)c1. The number of benzene rings is 1. The molecule has 1 aromatic carbocycles. The molecule has 2 N–H and O–H groups in total. The first-order valence-corrected chi connectivity index (χ1v) is 7.21. The summed E-state index contributed by atoms with van der Waals surface area (Å²) in [6, 6.07) is 6.52. The molecule has 1 unspecified atom stereocenters. The van der Waals surface area contributed by atoms with Gasteiger partial charge >= 0.3 is 0 Å². The van der Waals surface area contributed by atoms with Crippen LogP contribution in [0.25, 0.3) is 0 Å². The maximum atomic E-state index is 11.1. The van der Waals surface area contributed by atoms with E-state index in [9.17, 15) is 4.79 Å². The first kappa shape index (κ1) is 13.9. The van der Waals surface area contributed by atoms with E-state index in [-0.39, 0.29) is 5.91 Å². The lowest BCUT2D eigenvalue weighted by Crippen LogP contribution is -2.24. The molecule has 3 nitrogen and oxygen atoms in total. The molecule has 19 heavy (non-hydrogen) atoms. The molecular formula is C16H24N2O. The van der Waals surface area contributed by atoms with Gasteiger partial charge in [-0.1, -0.05) is 18.9 Å². The number of hydrogen-bond acceptors (Lipinski definition) is 2. The van der Waals surface area contributed by atoms with Crippen LogP contribution in [0.4, 0.5) is 11.4 Å². The fourth-order valence-corrected chi connectivity index (χ4v) is 2.88. The molecule has 2 rings (SSSR count). The number of carbonyl (C=O) groups excluding carboxylic acids is 1. The van der Waals surface area contributed by atoms with Crippen molar-refractivity contribution in [3.63, 3.8) is 0 Å². The molecule has 3 heteroatoms. The predicted octanol–water partition coefficient (Wildman–Crippen LogP) is 3.94. The minimum atomic E-state index is -0.0290. The number of nitrogens with one attached hydrogen (secondary N) is 2. The molecule has 1 aromatic rings. The first-order chi connectivity index (χ1) is 9.06. The van der Waals surface area contributed by atoms with Crippen LogP contribution < -0.4 is 10.6 Å². The zero-order valence-corrected chi connectivity index (χ0v) is 12.1. The van der Waals surface area contributed by atoms with Crippen LogP contribution in [-0.4, -0.2) is 11.9 Å². The van der Waals surface area contributed by atoms with Gasteiger partial charge in [0, 0.05) is 24.3 Å². The smallest absolute Gasteiger partial charge is 0.221 e. The maximum absolute atomic E-state index is 11.1. The summed E-state index contributed by atoms with van der Waals surface area (Å²) in [5, 5.41) is 6.45. The van der Waals surface area contributed by atoms with Crippen LogP contribution in [0.2, 0.25) is 0 Å². The van der Waals surface area contributed by atoms with Crippen LogP contribution in [0.5, 0.6) is 0 Å². The lowest BCUT2D eigenvalue weighted by Gasteiger charge is -2.23. The summed E-state index contributed by atoms with van der Waals surface area (Å²) in [6.07, 6.45) is 5.39. The van der Waals surface area contributed by atoms with E-state index >= 15 is 0 Å². The predicted molar refractivity (Wildman–Crippen MR) is 80.5 cm³/mol. The minimum absolute atomic E-state index is 0.0290. The Hall–Kier alpha value is -1.51. The molecule has 1 aliphatic carbocycles. The largest absolute Gasteiger partial charge is 0.382 e. The summed E-state index contributed by atoms with van der Waals surface area (Å²) in [5.41, 5.74) is 3.21. The number of amides is 1. The van der Waals surface area contributed by atoms with E-state index in [1.165, 1.54) is 38.2 Å². The van der Waals surface area contributed by atoms with Crippen LogP contribution in [0, 0.1) is 12.8 Å². The summed E-state index contributed by atoms with van der Waals surface area (Å²) >= 11 is 0. The summed E-state index contributed by atoms with van der Waals surface area (Å²) in [4.78, 5) is 11.1. The number of anilines is 2. The van der Waals surface area contributed by atoms with Crippen molar-refractivity contribution in [2.24, 2.45) is 5.92 Å². The molecule has 1 fully saturated rings. The second-order valence-corrected chi connectivity index (χ2v) is 5.69. The van der Waals surface area contributed by atoms with Crippen LogP contribution in [0.3, 0.4) is 0 Å². The molecule has 0 bridgehead atoms. The monoisotopic (exact) mass is 260 g/mol. The van der Waals surface area contributed by atoms with E-state index in [1.54, 1.807) is 0 Å². The third kappa shape index (κ3) is 3.72. The van der Waals surface area contributed by atoms with E-state index in [1.807, 2.05) is 12.1 Å². The van der Waals surface area contributed by atoms with Crippen molar-refractivity contribution < 1.29 is 4.79 Å². The zero-order valence-electron chi connectivity index (χ0n) is 12.1. The van der Waals surface area contributed by atoms with Crippen molar-refractivity contribution in [3.8, 4) is 0 Å². The Morgan fingerprint density at radius 2 is 2.00 bits per heavy atom. The second kappa shape index (κ2) is 6.09. The molecule has 1 amide bonds. The minimum Gasteiger partial charge on any atom is -0.382 e. The van der Waals surface area contributed by atoms with Crippen molar-refractivity contribution in [2.45, 2.75) is 52.5 Å². The number of carbonyl (C=O) groups is 1. The van der Waals surface area contributed by atoms with Gasteiger partial charge in [0.05, 0.1) is 0 Å². The third-order valence-corrected chi connectivity index (χ3v) is 4.05. The molecule has 1 aliphatic rings. The van der Waals surface area contributed by atoms with E-state index in [0.29, 0.717) is 6.04 Å². The van der Waals surface area contributed by atoms with E-state index in [0.717, 1.165) is 17.3 Å². The molecule has 0 heterocycles. The van der Waals surface area contributed by atoms with Crippen molar-refractivity contribution in [2.75, 3.05) is 10.6 Å². The van der Waals surface area contributed by atoms with Gasteiger partial charge in [0.2, 0.25) is 5.91 Å². The van der Waals surface area contributed by atoms with Gasteiger partial charge in [-0.3, -0.25) is 4.79 Å². The van der Waals surface area contributed by atoms with Crippen LogP contribution in [0.15, 0.2) is 18.2 Å². The molecule has 1 saturated carbocycles. The van der Waals surface area contributed by atoms with Gasteiger partial charge in [0.25, 0.3) is 0 Å². The van der Waals surface area contributed by atoms with Crippen molar-refractivity contribution in [1.82, 2.24) is 0 Å². The highest BCUT2D eigenvalue weighted by molar-refractivity contribution is 5.89. The summed E-state index contributed by atoms with van der Waals surface area (Å²) in [7, 11) is 0. The van der Waals surface area contributed by atoms with Crippen molar-refractivity contribution in [3.05, 3.63) is 23.8 Å². The van der Waals surface area contributed by atoms with Gasteiger partial charge in [-0.25, -0.2) is 0 Å². The highest BCUT2D eigenvalue weighted by Crippen LogP contribution is 2.30. The summed E-state index contributed by atoms with van der Waals surface area (Å²) < 4.78 is 0. The lowest BCUT2D eigenvalue weighted by molar-refractivity contribution is -0.114. The number of aryl methyl sites for hydroxylation is 1. The van der Waals surface area contributed by atoms with Crippen LogP contribution in [0.1, 0.15) is 45.1 Å². The topological polar surface area (TPSA) is 41.1 Å². The Morgan fingerprint density at radius 3 is 2.63 bits per heavy atom. The Morgan fingerprint density at radius 1 is 1.32 bits per heavy atom. The lowest BCUT2D eigenvalue weighted by atomic mass is 9.99. The third-order valence-electron chi connectivity index (χ3n) is 4.05. The average Bonchev–Trinajstić information content (AvgIpc) is 2.86. The zero-order chi connectivity index (χ0) is 13.8. The van der Waals surface area contributed by atoms with Gasteiger partial charge in [-0.05, 0) is 50.3 Å². The van der Waals surface area contributed by atoms with Crippen molar-refractivity contribution in [1.29, 1.82) is 0 Å². The van der Waals surface area contributed by atoms with E-state index in [2.05, 4.69) is 30.5 Å². The molecule has 104 valence electrons. The van der Waals surface area contributed by atoms with Gasteiger partial charge in [-0.2, -0.15) is 0 Å². The normalized spacial score (nSPS) is 17.2. The van der Waals surface area contributed by atoms with Gasteiger partial charge in [0.15, 0.2) is 0 Å². The van der Waals surface area contributed by atoms with Crippen LogP contribution >= 0.6 is 0 Å². The molecular weight excluding hydrogens is 236 g/mol. The molecule has 0 spiro atoms. The van der Waals surface area contributed by atoms with E-state index in [4.69, 9.17) is 0 Å². The number of rotatable bonds is 4. The standard InChI is InChI=1S/C16H24N2O/c1-11-8-9-15(18-13(3)19)10-16(11)17-12(2)14-6-4-5-7-14/h8-10,12,14,17H,4-7H2,1-3H3,(H,18,19). The molecule has 0 aromatic heterocycles. The highest BCUT2D eigenvalue weighted by atomic mass is 16.1. The quantitative estimate of drug-likeness (QED) is 0.860. The summed E-state index contributed by atoms with van der Waals surface area (Å²) in [5.74, 6) is 0.752. The molecule has 0 saturated heterocycles. The van der Waals surface area contributed by atoms with Gasteiger partial charge < -0.3 is 10.6 Å². The van der Waals surface area contributed by atoms with Crippen molar-refractivity contribution >= 4 is 17.3 Å². The molecule has 1 atom stereocenters. The number of hydrogen-bond donors (Lipinski definition) is 2. The van der Waals surface area contributed by atoms with E-state index < -0.39 is 0 Å². The average molecular weight is 260 g/mol. The fourth-order valence-electron chi connectivity index (χ4n) is 2.88. The molecule has 0 aliphatic heterocycles. The fraction of sp³-hybridized carbons (Fsp3) is 0.562. The Labute approximate surface area is 115 Å². The Kier molecular flexibility index (Phi) is 4.46. The first-order valence-electron chi connectivity index (χ1n) is 7.21. The van der Waals surface area contributed by atoms with Crippen LogP contribution in [-0.2, 0) is 4.79 Å². The summed E-state index contributed by atoms with van der Waals surface area (Å²) in [6.45, 7) is 5.90. The second-order valence-electron chi connectivity index (χ2n) is 5.69.